The molecule has 0 saturated heterocycles. The van der Waals surface area contributed by atoms with Gasteiger partial charge in [0.25, 0.3) is 0 Å². The van der Waals surface area contributed by atoms with E-state index in [1.54, 1.807) is 6.92 Å². The van der Waals surface area contributed by atoms with E-state index in [4.69, 9.17) is 0 Å². The summed E-state index contributed by atoms with van der Waals surface area (Å²) in [5.41, 5.74) is 0.858. The van der Waals surface area contributed by atoms with Crippen LogP contribution in [0.15, 0.2) is 30.3 Å². The maximum absolute atomic E-state index is 12.3. The molecule has 0 aliphatic heterocycles. The largest absolute Gasteiger partial charge is 0.353 e. The predicted molar refractivity (Wildman–Crippen MR) is 92.0 cm³/mol. The smallest absolute Gasteiger partial charge is 0.242 e. The molecule has 1 aromatic rings. The molecule has 4 nitrogen and oxygen atoms in total. The summed E-state index contributed by atoms with van der Waals surface area (Å²) in [5.74, 6) is -0.230. The van der Waals surface area contributed by atoms with E-state index >= 15 is 0 Å². The van der Waals surface area contributed by atoms with Gasteiger partial charge in [0.2, 0.25) is 11.8 Å². The standard InChI is InChI=1S/C19H28N2O2/c1-14(21-17(23)18(2,3)4)16(22)20-13-19(11-8-12-19)15-9-6-5-7-10-15/h5-7,9-10,14H,8,11-13H2,1-4H3,(H,20,22)(H,21,23). The summed E-state index contributed by atoms with van der Waals surface area (Å²) in [6.07, 6.45) is 3.39. The third-order valence-corrected chi connectivity index (χ3v) is 4.72. The molecule has 1 saturated carbocycles. The monoisotopic (exact) mass is 316 g/mol. The summed E-state index contributed by atoms with van der Waals surface area (Å²) in [6, 6.07) is 9.85. The van der Waals surface area contributed by atoms with Gasteiger partial charge < -0.3 is 10.6 Å². The van der Waals surface area contributed by atoms with Gasteiger partial charge in [-0.15, -0.1) is 0 Å². The van der Waals surface area contributed by atoms with Gasteiger partial charge in [-0.3, -0.25) is 9.59 Å². The van der Waals surface area contributed by atoms with Crippen LogP contribution in [0.4, 0.5) is 0 Å². The minimum absolute atomic E-state index is 0.0602. The molecular weight excluding hydrogens is 288 g/mol. The van der Waals surface area contributed by atoms with Crippen LogP contribution in [-0.2, 0) is 15.0 Å². The molecule has 1 aliphatic carbocycles. The molecular formula is C19H28N2O2. The first-order valence-electron chi connectivity index (χ1n) is 8.39. The van der Waals surface area contributed by atoms with Crippen molar-refractivity contribution >= 4 is 11.8 Å². The Balaban J connectivity index is 1.92. The number of rotatable bonds is 5. The van der Waals surface area contributed by atoms with E-state index < -0.39 is 11.5 Å². The molecule has 1 atom stereocenters. The highest BCUT2D eigenvalue weighted by atomic mass is 16.2. The Morgan fingerprint density at radius 3 is 2.26 bits per heavy atom. The third kappa shape index (κ3) is 4.12. The molecule has 0 heterocycles. The van der Waals surface area contributed by atoms with Gasteiger partial charge in [0.1, 0.15) is 6.04 Å². The van der Waals surface area contributed by atoms with Gasteiger partial charge in [-0.2, -0.15) is 0 Å². The van der Waals surface area contributed by atoms with E-state index in [9.17, 15) is 9.59 Å². The van der Waals surface area contributed by atoms with Crippen molar-refractivity contribution in [2.45, 2.75) is 58.4 Å². The van der Waals surface area contributed by atoms with Crippen LogP contribution < -0.4 is 10.6 Å². The van der Waals surface area contributed by atoms with Gasteiger partial charge >= 0.3 is 0 Å². The van der Waals surface area contributed by atoms with Crippen molar-refractivity contribution in [3.63, 3.8) is 0 Å². The first-order chi connectivity index (χ1) is 10.7. The van der Waals surface area contributed by atoms with Crippen LogP contribution in [-0.4, -0.2) is 24.4 Å². The van der Waals surface area contributed by atoms with Gasteiger partial charge in [-0.1, -0.05) is 57.5 Å². The highest BCUT2D eigenvalue weighted by Gasteiger charge is 2.39. The number of nitrogens with one attached hydrogen (secondary N) is 2. The maximum atomic E-state index is 12.3. The topological polar surface area (TPSA) is 58.2 Å². The van der Waals surface area contributed by atoms with Crippen LogP contribution in [0.2, 0.25) is 0 Å². The Hall–Kier alpha value is -1.84. The zero-order valence-electron chi connectivity index (χ0n) is 14.6. The van der Waals surface area contributed by atoms with Crippen molar-refractivity contribution in [1.29, 1.82) is 0 Å². The van der Waals surface area contributed by atoms with Crippen molar-refractivity contribution in [3.05, 3.63) is 35.9 Å². The normalized spacial score (nSPS) is 17.7. The fraction of sp³-hybridized carbons (Fsp3) is 0.579. The maximum Gasteiger partial charge on any atom is 0.242 e. The Morgan fingerprint density at radius 2 is 1.78 bits per heavy atom. The molecule has 126 valence electrons. The van der Waals surface area contributed by atoms with Crippen LogP contribution in [0, 0.1) is 5.41 Å². The molecule has 2 N–H and O–H groups in total. The molecule has 0 spiro atoms. The Kier molecular flexibility index (Phi) is 5.12. The number of amides is 2. The van der Waals surface area contributed by atoms with E-state index in [2.05, 4.69) is 22.8 Å². The number of benzene rings is 1. The molecule has 0 bridgehead atoms. The Labute approximate surface area is 139 Å². The van der Waals surface area contributed by atoms with Gasteiger partial charge in [0.15, 0.2) is 0 Å². The first-order valence-corrected chi connectivity index (χ1v) is 8.39. The summed E-state index contributed by atoms with van der Waals surface area (Å²) in [5, 5.41) is 5.81. The minimum Gasteiger partial charge on any atom is -0.353 e. The van der Waals surface area contributed by atoms with Crippen LogP contribution in [0.1, 0.15) is 52.5 Å². The van der Waals surface area contributed by atoms with Crippen LogP contribution in [0.25, 0.3) is 0 Å². The lowest BCUT2D eigenvalue weighted by atomic mass is 9.64. The van der Waals surface area contributed by atoms with Crippen molar-refractivity contribution in [3.8, 4) is 0 Å². The Morgan fingerprint density at radius 1 is 1.17 bits per heavy atom. The highest BCUT2D eigenvalue weighted by molar-refractivity contribution is 5.89. The number of hydrogen-bond donors (Lipinski definition) is 2. The number of carbonyl (C=O) groups excluding carboxylic acids is 2. The van der Waals surface area contributed by atoms with Crippen molar-refractivity contribution in [2.75, 3.05) is 6.54 Å². The van der Waals surface area contributed by atoms with Crippen molar-refractivity contribution < 1.29 is 9.59 Å². The van der Waals surface area contributed by atoms with Crippen LogP contribution >= 0.6 is 0 Å². The fourth-order valence-electron chi connectivity index (χ4n) is 2.85. The quantitative estimate of drug-likeness (QED) is 0.877. The zero-order chi connectivity index (χ0) is 17.1. The SMILES string of the molecule is CC(NC(=O)C(C)(C)C)C(=O)NCC1(c2ccccc2)CCC1. The highest BCUT2D eigenvalue weighted by Crippen LogP contribution is 2.43. The molecule has 1 aliphatic rings. The van der Waals surface area contributed by atoms with Crippen LogP contribution in [0.5, 0.6) is 0 Å². The second-order valence-electron chi connectivity index (χ2n) is 7.66. The van der Waals surface area contributed by atoms with E-state index in [-0.39, 0.29) is 17.2 Å². The summed E-state index contributed by atoms with van der Waals surface area (Å²) < 4.78 is 0. The zero-order valence-corrected chi connectivity index (χ0v) is 14.6. The van der Waals surface area contributed by atoms with Gasteiger partial charge in [-0.05, 0) is 25.3 Å². The number of hydrogen-bond acceptors (Lipinski definition) is 2. The third-order valence-electron chi connectivity index (χ3n) is 4.72. The predicted octanol–water partition coefficient (Wildman–Crippen LogP) is 2.78. The van der Waals surface area contributed by atoms with Gasteiger partial charge in [0, 0.05) is 17.4 Å². The Bertz CT molecular complexity index is 556. The lowest BCUT2D eigenvalue weighted by Crippen LogP contribution is -2.52. The van der Waals surface area contributed by atoms with Gasteiger partial charge in [-0.25, -0.2) is 0 Å². The van der Waals surface area contributed by atoms with Crippen LogP contribution in [0.3, 0.4) is 0 Å². The fourth-order valence-corrected chi connectivity index (χ4v) is 2.85. The first kappa shape index (κ1) is 17.5. The summed E-state index contributed by atoms with van der Waals surface area (Å²) in [4.78, 5) is 24.3. The molecule has 0 radical (unpaired) electrons. The van der Waals surface area contributed by atoms with E-state index in [1.165, 1.54) is 12.0 Å². The second kappa shape index (κ2) is 6.73. The average molecular weight is 316 g/mol. The van der Waals surface area contributed by atoms with E-state index in [1.807, 2.05) is 39.0 Å². The lowest BCUT2D eigenvalue weighted by molar-refractivity contribution is -0.133. The lowest BCUT2D eigenvalue weighted by Gasteiger charge is -2.42. The molecule has 1 unspecified atom stereocenters. The molecule has 0 aromatic heterocycles. The van der Waals surface area contributed by atoms with E-state index in [0.29, 0.717) is 6.54 Å². The van der Waals surface area contributed by atoms with E-state index in [0.717, 1.165) is 12.8 Å². The minimum atomic E-state index is -0.519. The molecule has 23 heavy (non-hydrogen) atoms. The van der Waals surface area contributed by atoms with Crippen molar-refractivity contribution in [2.24, 2.45) is 5.41 Å². The summed E-state index contributed by atoms with van der Waals surface area (Å²) >= 11 is 0. The molecule has 1 fully saturated rings. The molecule has 1 aromatic carbocycles. The molecule has 4 heteroatoms. The summed E-state index contributed by atoms with van der Waals surface area (Å²) in [6.45, 7) is 7.88. The molecule has 2 amide bonds. The van der Waals surface area contributed by atoms with Gasteiger partial charge in [0.05, 0.1) is 0 Å². The number of carbonyl (C=O) groups is 2. The summed E-state index contributed by atoms with van der Waals surface area (Å²) in [7, 11) is 0. The average Bonchev–Trinajstić information content (AvgIpc) is 2.46. The van der Waals surface area contributed by atoms with Crippen molar-refractivity contribution in [1.82, 2.24) is 10.6 Å². The second-order valence-corrected chi connectivity index (χ2v) is 7.66. The molecule has 2 rings (SSSR count).